The maximum absolute atomic E-state index is 12.5. The summed E-state index contributed by atoms with van der Waals surface area (Å²) >= 11 is 0. The van der Waals surface area contributed by atoms with Crippen LogP contribution in [0.5, 0.6) is 5.75 Å². The average molecular weight is 352 g/mol. The number of carbonyl (C=O) groups is 1. The van der Waals surface area contributed by atoms with Crippen LogP contribution in [0, 0.1) is 0 Å². The first kappa shape index (κ1) is 18.6. The molecule has 25 heavy (non-hydrogen) atoms. The van der Waals surface area contributed by atoms with Gasteiger partial charge in [0.05, 0.1) is 12.6 Å². The minimum Gasteiger partial charge on any atom is -0.405 e. The molecular formula is C18H19F3N2O2. The molecule has 0 aliphatic carbocycles. The molecule has 0 saturated carbocycles. The number of para-hydroxylation sites is 1. The van der Waals surface area contributed by atoms with E-state index in [2.05, 4.69) is 10.1 Å². The molecule has 0 radical (unpaired) electrons. The van der Waals surface area contributed by atoms with Crippen LogP contribution in [-0.4, -0.2) is 24.3 Å². The van der Waals surface area contributed by atoms with E-state index in [0.29, 0.717) is 0 Å². The predicted octanol–water partition coefficient (Wildman–Crippen LogP) is 4.49. The lowest BCUT2D eigenvalue weighted by Crippen LogP contribution is -2.38. The lowest BCUT2D eigenvalue weighted by molar-refractivity contribution is -0.275. The van der Waals surface area contributed by atoms with E-state index in [1.807, 2.05) is 37.3 Å². The number of ether oxygens (including phenoxy) is 1. The third-order valence-corrected chi connectivity index (χ3v) is 3.59. The van der Waals surface area contributed by atoms with Crippen LogP contribution in [0.1, 0.15) is 24.1 Å². The molecule has 2 rings (SSSR count). The van der Waals surface area contributed by atoms with Crippen LogP contribution < -0.4 is 10.1 Å². The summed E-state index contributed by atoms with van der Waals surface area (Å²) < 4.78 is 41.4. The molecule has 4 nitrogen and oxygen atoms in total. The molecule has 2 aromatic carbocycles. The summed E-state index contributed by atoms with van der Waals surface area (Å²) in [6.45, 7) is 1.82. The van der Waals surface area contributed by atoms with E-state index in [-0.39, 0.29) is 23.9 Å². The van der Waals surface area contributed by atoms with Gasteiger partial charge in [0.2, 0.25) is 0 Å². The fraction of sp³-hybridized carbons (Fsp3) is 0.278. The number of alkyl halides is 3. The van der Waals surface area contributed by atoms with E-state index in [9.17, 15) is 18.0 Å². The minimum atomic E-state index is -4.78. The van der Waals surface area contributed by atoms with Gasteiger partial charge in [0, 0.05) is 12.6 Å². The third-order valence-electron chi connectivity index (χ3n) is 3.59. The Labute approximate surface area is 144 Å². The van der Waals surface area contributed by atoms with Gasteiger partial charge >= 0.3 is 12.4 Å². The Balaban J connectivity index is 2.02. The Bertz CT molecular complexity index is 705. The molecule has 0 fully saturated rings. The average Bonchev–Trinajstić information content (AvgIpc) is 2.56. The molecule has 7 heteroatoms. The highest BCUT2D eigenvalue weighted by Crippen LogP contribution is 2.27. The molecule has 0 bridgehead atoms. The number of nitrogens with one attached hydrogen (secondary N) is 1. The van der Waals surface area contributed by atoms with Crippen molar-refractivity contribution in [3.8, 4) is 5.75 Å². The summed E-state index contributed by atoms with van der Waals surface area (Å²) in [5.74, 6) is -0.314. The normalized spacial score (nSPS) is 12.4. The van der Waals surface area contributed by atoms with Gasteiger partial charge in [0.15, 0.2) is 0 Å². The maximum atomic E-state index is 12.5. The molecule has 0 aliphatic rings. The van der Waals surface area contributed by atoms with Crippen LogP contribution in [0.15, 0.2) is 54.6 Å². The number of benzene rings is 2. The smallest absolute Gasteiger partial charge is 0.405 e. The molecule has 2 amide bonds. The van der Waals surface area contributed by atoms with Crippen LogP contribution >= 0.6 is 0 Å². The standard InChI is InChI=1S/C18H19F3N2O2/c1-13(14-8-4-3-5-9-14)22-17(24)23(2)12-15-10-6-7-11-16(15)25-18(19,20)21/h3-11,13H,12H2,1-2H3,(H,22,24). The van der Waals surface area contributed by atoms with Crippen molar-refractivity contribution in [2.75, 3.05) is 7.05 Å². The zero-order valence-electron chi connectivity index (χ0n) is 13.9. The summed E-state index contributed by atoms with van der Waals surface area (Å²) in [4.78, 5) is 13.6. The Morgan fingerprint density at radius 2 is 1.72 bits per heavy atom. The number of rotatable bonds is 5. The maximum Gasteiger partial charge on any atom is 0.573 e. The zero-order valence-corrected chi connectivity index (χ0v) is 13.9. The summed E-state index contributed by atoms with van der Waals surface area (Å²) in [7, 11) is 1.51. The first-order chi connectivity index (χ1) is 11.8. The van der Waals surface area contributed by atoms with Crippen LogP contribution in [0.25, 0.3) is 0 Å². The van der Waals surface area contributed by atoms with Gasteiger partial charge in [0.1, 0.15) is 5.75 Å². The van der Waals surface area contributed by atoms with Crippen molar-refractivity contribution in [2.45, 2.75) is 25.9 Å². The molecule has 2 aromatic rings. The van der Waals surface area contributed by atoms with E-state index >= 15 is 0 Å². The Hall–Kier alpha value is -2.70. The molecule has 0 aromatic heterocycles. The lowest BCUT2D eigenvalue weighted by Gasteiger charge is -2.23. The molecule has 1 atom stereocenters. The molecule has 134 valence electrons. The Morgan fingerprint density at radius 1 is 1.12 bits per heavy atom. The highest BCUT2D eigenvalue weighted by molar-refractivity contribution is 5.74. The molecule has 1 unspecified atom stereocenters. The Morgan fingerprint density at radius 3 is 2.36 bits per heavy atom. The zero-order chi connectivity index (χ0) is 18.4. The van der Waals surface area contributed by atoms with Crippen molar-refractivity contribution in [1.29, 1.82) is 0 Å². The second-order valence-electron chi connectivity index (χ2n) is 5.59. The van der Waals surface area contributed by atoms with E-state index in [1.54, 1.807) is 6.07 Å². The van der Waals surface area contributed by atoms with Crippen molar-refractivity contribution in [3.63, 3.8) is 0 Å². The van der Waals surface area contributed by atoms with Gasteiger partial charge in [-0.05, 0) is 18.6 Å². The second-order valence-corrected chi connectivity index (χ2v) is 5.59. The third kappa shape index (κ3) is 5.70. The van der Waals surface area contributed by atoms with Crippen LogP contribution in [0.3, 0.4) is 0 Å². The van der Waals surface area contributed by atoms with Crippen LogP contribution in [-0.2, 0) is 6.54 Å². The Kier molecular flexibility index (Phi) is 5.90. The lowest BCUT2D eigenvalue weighted by atomic mass is 10.1. The number of urea groups is 1. The quantitative estimate of drug-likeness (QED) is 0.862. The highest BCUT2D eigenvalue weighted by Gasteiger charge is 2.32. The number of carbonyl (C=O) groups excluding carboxylic acids is 1. The summed E-state index contributed by atoms with van der Waals surface area (Å²) in [5.41, 5.74) is 1.20. The SMILES string of the molecule is CC(NC(=O)N(C)Cc1ccccc1OC(F)(F)F)c1ccccc1. The predicted molar refractivity (Wildman–Crippen MR) is 88.0 cm³/mol. The number of halogens is 3. The van der Waals surface area contributed by atoms with Gasteiger partial charge in [-0.1, -0.05) is 48.5 Å². The van der Waals surface area contributed by atoms with Gasteiger partial charge < -0.3 is 15.0 Å². The molecular weight excluding hydrogens is 333 g/mol. The van der Waals surface area contributed by atoms with Crippen molar-refractivity contribution in [1.82, 2.24) is 10.2 Å². The number of hydrogen-bond donors (Lipinski definition) is 1. The van der Waals surface area contributed by atoms with Gasteiger partial charge in [-0.25, -0.2) is 4.79 Å². The van der Waals surface area contributed by atoms with Gasteiger partial charge in [0.25, 0.3) is 0 Å². The topological polar surface area (TPSA) is 41.6 Å². The molecule has 0 heterocycles. The molecule has 0 aliphatic heterocycles. The van der Waals surface area contributed by atoms with Crippen molar-refractivity contribution in [2.24, 2.45) is 0 Å². The van der Waals surface area contributed by atoms with Gasteiger partial charge in [-0.15, -0.1) is 13.2 Å². The van der Waals surface area contributed by atoms with E-state index in [4.69, 9.17) is 0 Å². The van der Waals surface area contributed by atoms with Gasteiger partial charge in [-0.2, -0.15) is 0 Å². The molecule has 1 N–H and O–H groups in total. The fourth-order valence-corrected chi connectivity index (χ4v) is 2.31. The van der Waals surface area contributed by atoms with Crippen molar-refractivity contribution >= 4 is 6.03 Å². The van der Waals surface area contributed by atoms with E-state index in [1.165, 1.54) is 30.1 Å². The van der Waals surface area contributed by atoms with Gasteiger partial charge in [-0.3, -0.25) is 0 Å². The first-order valence-corrected chi connectivity index (χ1v) is 7.66. The molecule has 0 spiro atoms. The fourth-order valence-electron chi connectivity index (χ4n) is 2.31. The highest BCUT2D eigenvalue weighted by atomic mass is 19.4. The number of nitrogens with zero attached hydrogens (tertiary/aromatic N) is 1. The first-order valence-electron chi connectivity index (χ1n) is 7.66. The van der Waals surface area contributed by atoms with Crippen LogP contribution in [0.4, 0.5) is 18.0 Å². The number of amides is 2. The van der Waals surface area contributed by atoms with E-state index < -0.39 is 12.4 Å². The summed E-state index contributed by atoms with van der Waals surface area (Å²) in [6, 6.07) is 14.5. The van der Waals surface area contributed by atoms with E-state index in [0.717, 1.165) is 5.56 Å². The van der Waals surface area contributed by atoms with Crippen LogP contribution in [0.2, 0.25) is 0 Å². The van der Waals surface area contributed by atoms with Crippen molar-refractivity contribution in [3.05, 3.63) is 65.7 Å². The second kappa shape index (κ2) is 7.92. The summed E-state index contributed by atoms with van der Waals surface area (Å²) in [5, 5.41) is 2.81. The summed E-state index contributed by atoms with van der Waals surface area (Å²) in [6.07, 6.45) is -4.78. The van der Waals surface area contributed by atoms with Crippen molar-refractivity contribution < 1.29 is 22.7 Å². The number of hydrogen-bond acceptors (Lipinski definition) is 2. The molecule has 0 saturated heterocycles. The minimum absolute atomic E-state index is 0.0143. The largest absolute Gasteiger partial charge is 0.573 e. The monoisotopic (exact) mass is 352 g/mol.